The molecule has 0 aromatic rings. The Morgan fingerprint density at radius 2 is 0.506 bits per heavy atom. The van der Waals surface area contributed by atoms with Crippen molar-refractivity contribution in [3.8, 4) is 0 Å². The molecule has 0 saturated carbocycles. The summed E-state index contributed by atoms with van der Waals surface area (Å²) in [7, 11) is 0. The Balaban J connectivity index is 4.51. The molecule has 0 fully saturated rings. The average molecular weight is 1120 g/mol. The number of carbonyl (C=O) groups is 3. The van der Waals surface area contributed by atoms with E-state index in [-0.39, 0.29) is 31.6 Å². The second-order valence-electron chi connectivity index (χ2n) is 21.3. The first-order valence-corrected chi connectivity index (χ1v) is 33.0. The molecule has 81 heavy (non-hydrogen) atoms. The molecule has 0 N–H and O–H groups in total. The molecular formula is C75H120O6. The van der Waals surface area contributed by atoms with E-state index in [0.717, 1.165) is 128 Å². The first kappa shape index (κ1) is 76.0. The van der Waals surface area contributed by atoms with Gasteiger partial charge in [0.2, 0.25) is 0 Å². The van der Waals surface area contributed by atoms with Crippen molar-refractivity contribution < 1.29 is 28.6 Å². The van der Waals surface area contributed by atoms with Crippen molar-refractivity contribution in [2.45, 2.75) is 284 Å². The van der Waals surface area contributed by atoms with E-state index in [1.54, 1.807) is 0 Å². The zero-order valence-electron chi connectivity index (χ0n) is 52.2. The number of carbonyl (C=O) groups excluding carboxylic acids is 3. The number of hydrogen-bond acceptors (Lipinski definition) is 6. The van der Waals surface area contributed by atoms with Gasteiger partial charge in [0.1, 0.15) is 13.2 Å². The van der Waals surface area contributed by atoms with Crippen LogP contribution in [0.4, 0.5) is 0 Å². The molecule has 0 heterocycles. The smallest absolute Gasteiger partial charge is 0.306 e. The van der Waals surface area contributed by atoms with Crippen LogP contribution in [0, 0.1) is 0 Å². The van der Waals surface area contributed by atoms with Gasteiger partial charge in [-0.25, -0.2) is 0 Å². The minimum absolute atomic E-state index is 0.121. The van der Waals surface area contributed by atoms with Gasteiger partial charge in [-0.15, -0.1) is 0 Å². The molecule has 1 atom stereocenters. The number of allylic oxidation sites excluding steroid dienone is 26. The number of hydrogen-bond donors (Lipinski definition) is 0. The van der Waals surface area contributed by atoms with Crippen molar-refractivity contribution in [1.29, 1.82) is 0 Å². The van der Waals surface area contributed by atoms with Gasteiger partial charge in [-0.2, -0.15) is 0 Å². The summed E-state index contributed by atoms with van der Waals surface area (Å²) in [5.74, 6) is -1.03. The Labute approximate surface area is 499 Å². The Bertz CT molecular complexity index is 1810. The predicted octanol–water partition coefficient (Wildman–Crippen LogP) is 22.9. The molecule has 0 aliphatic heterocycles. The normalized spacial score (nSPS) is 13.2. The summed E-state index contributed by atoms with van der Waals surface area (Å²) in [5.41, 5.74) is 0. The van der Waals surface area contributed by atoms with E-state index in [1.165, 1.54) is 103 Å². The monoisotopic (exact) mass is 1120 g/mol. The van der Waals surface area contributed by atoms with Crippen LogP contribution in [0.2, 0.25) is 0 Å². The van der Waals surface area contributed by atoms with Crippen molar-refractivity contribution in [2.24, 2.45) is 0 Å². The molecule has 456 valence electrons. The maximum absolute atomic E-state index is 12.9. The molecular weight excluding hydrogens is 997 g/mol. The number of rotatable bonds is 58. The van der Waals surface area contributed by atoms with Gasteiger partial charge in [0, 0.05) is 19.3 Å². The van der Waals surface area contributed by atoms with E-state index < -0.39 is 12.1 Å². The first-order chi connectivity index (χ1) is 40.0. The molecule has 0 radical (unpaired) electrons. The Hall–Kier alpha value is -4.97. The molecule has 0 amide bonds. The maximum Gasteiger partial charge on any atom is 0.306 e. The molecule has 1 unspecified atom stereocenters. The van der Waals surface area contributed by atoms with Crippen LogP contribution in [0.25, 0.3) is 0 Å². The summed E-state index contributed by atoms with van der Waals surface area (Å²) >= 11 is 0. The van der Waals surface area contributed by atoms with E-state index >= 15 is 0 Å². The number of unbranched alkanes of at least 4 members (excludes halogenated alkanes) is 21. The fourth-order valence-electron chi connectivity index (χ4n) is 8.64. The zero-order chi connectivity index (χ0) is 58.5. The van der Waals surface area contributed by atoms with Crippen LogP contribution >= 0.6 is 0 Å². The molecule has 6 heteroatoms. The van der Waals surface area contributed by atoms with Crippen LogP contribution in [0.5, 0.6) is 0 Å². The highest BCUT2D eigenvalue weighted by Crippen LogP contribution is 2.15. The van der Waals surface area contributed by atoms with Crippen LogP contribution in [0.1, 0.15) is 278 Å². The lowest BCUT2D eigenvalue weighted by molar-refractivity contribution is -0.166. The van der Waals surface area contributed by atoms with Crippen molar-refractivity contribution in [2.75, 3.05) is 13.2 Å². The van der Waals surface area contributed by atoms with Crippen molar-refractivity contribution >= 4 is 17.9 Å². The summed E-state index contributed by atoms with van der Waals surface area (Å²) in [5, 5.41) is 0. The SMILES string of the molecule is CC/C=C\C/C=C\C/C=C\C/C=C\C/C=C\C/C=C\CCC(=O)OC(COC(=O)CCCCCCCC/C=C\C/C=C\C/C=C\C/C=C\CC)COC(=O)CCCCCCCCCCCC/C=C\C/C=C\C/C=C\CCCCCCC. The topological polar surface area (TPSA) is 78.9 Å². The van der Waals surface area contributed by atoms with Crippen LogP contribution in [-0.4, -0.2) is 37.2 Å². The third kappa shape index (κ3) is 65.7. The lowest BCUT2D eigenvalue weighted by atomic mass is 10.1. The fourth-order valence-corrected chi connectivity index (χ4v) is 8.64. The molecule has 0 aliphatic rings. The minimum atomic E-state index is -0.836. The van der Waals surface area contributed by atoms with Crippen molar-refractivity contribution in [3.05, 3.63) is 158 Å². The lowest BCUT2D eigenvalue weighted by Crippen LogP contribution is -2.30. The molecule has 0 saturated heterocycles. The molecule has 0 aromatic heterocycles. The zero-order valence-corrected chi connectivity index (χ0v) is 52.2. The minimum Gasteiger partial charge on any atom is -0.462 e. The number of esters is 3. The van der Waals surface area contributed by atoms with Crippen LogP contribution < -0.4 is 0 Å². The summed E-state index contributed by atoms with van der Waals surface area (Å²) in [4.78, 5) is 38.4. The van der Waals surface area contributed by atoms with Crippen LogP contribution in [0.3, 0.4) is 0 Å². The number of ether oxygens (including phenoxy) is 3. The van der Waals surface area contributed by atoms with Gasteiger partial charge in [0.25, 0.3) is 0 Å². The van der Waals surface area contributed by atoms with Crippen LogP contribution in [-0.2, 0) is 28.6 Å². The van der Waals surface area contributed by atoms with Gasteiger partial charge in [-0.3, -0.25) is 14.4 Å². The summed E-state index contributed by atoms with van der Waals surface area (Å²) < 4.78 is 16.9. The van der Waals surface area contributed by atoms with Gasteiger partial charge >= 0.3 is 17.9 Å². The van der Waals surface area contributed by atoms with Gasteiger partial charge in [0.15, 0.2) is 6.10 Å². The average Bonchev–Trinajstić information content (AvgIpc) is 3.47. The largest absolute Gasteiger partial charge is 0.462 e. The third-order valence-corrected chi connectivity index (χ3v) is 13.5. The van der Waals surface area contributed by atoms with Gasteiger partial charge < -0.3 is 14.2 Å². The Morgan fingerprint density at radius 1 is 0.259 bits per heavy atom. The van der Waals surface area contributed by atoms with Gasteiger partial charge in [0.05, 0.1) is 0 Å². The highest BCUT2D eigenvalue weighted by atomic mass is 16.6. The Kier molecular flexibility index (Phi) is 63.4. The standard InChI is InChI=1S/C75H120O6/c1-4-7-10-13-16-19-22-25-28-31-34-35-36-37-38-39-42-44-47-50-53-56-59-62-65-68-74(77)80-71-72(81-75(78)69-66-63-60-57-54-51-48-45-41-33-30-27-24-21-18-15-12-9-6-3)70-79-73(76)67-64-61-58-55-52-49-46-43-40-32-29-26-23-20-17-14-11-8-5-2/h8-9,11-12,17-18,20-22,25-27,29-31,34,36-37,40-41,43,45,51,54,60,63,72H,4-7,10,13-16,19,23-24,28,32-33,35,38-39,42,44,46-50,52-53,55-59,61-62,64-71H2,1-3H3/b11-8-,12-9-,20-17-,21-18-,25-22-,29-26-,30-27-,34-31-,37-36-,43-40-,45-41-,54-51-,63-60-. The summed E-state index contributed by atoms with van der Waals surface area (Å²) in [6.07, 6.45) is 98.3. The highest BCUT2D eigenvalue weighted by molar-refractivity contribution is 5.71. The fraction of sp³-hybridized carbons (Fsp3) is 0.613. The van der Waals surface area contributed by atoms with Gasteiger partial charge in [-0.05, 0) is 135 Å². The lowest BCUT2D eigenvalue weighted by Gasteiger charge is -2.18. The molecule has 0 aromatic carbocycles. The van der Waals surface area contributed by atoms with Gasteiger partial charge in [-0.1, -0.05) is 281 Å². The summed E-state index contributed by atoms with van der Waals surface area (Å²) in [6, 6.07) is 0. The van der Waals surface area contributed by atoms with Crippen LogP contribution in [0.15, 0.2) is 158 Å². The molecule has 0 rings (SSSR count). The quantitative estimate of drug-likeness (QED) is 0.0261. The van der Waals surface area contributed by atoms with E-state index in [0.29, 0.717) is 19.3 Å². The second-order valence-corrected chi connectivity index (χ2v) is 21.3. The summed E-state index contributed by atoms with van der Waals surface area (Å²) in [6.45, 7) is 6.33. The van der Waals surface area contributed by atoms with E-state index in [2.05, 4.69) is 173 Å². The first-order valence-electron chi connectivity index (χ1n) is 33.0. The molecule has 0 aliphatic carbocycles. The van der Waals surface area contributed by atoms with E-state index in [9.17, 15) is 14.4 Å². The molecule has 6 nitrogen and oxygen atoms in total. The van der Waals surface area contributed by atoms with E-state index in [4.69, 9.17) is 14.2 Å². The van der Waals surface area contributed by atoms with Crippen molar-refractivity contribution in [3.63, 3.8) is 0 Å². The highest BCUT2D eigenvalue weighted by Gasteiger charge is 2.19. The second kappa shape index (κ2) is 67.5. The van der Waals surface area contributed by atoms with E-state index in [1.807, 2.05) is 6.08 Å². The maximum atomic E-state index is 12.9. The molecule has 0 spiro atoms. The molecule has 0 bridgehead atoms. The van der Waals surface area contributed by atoms with Crippen molar-refractivity contribution in [1.82, 2.24) is 0 Å². The third-order valence-electron chi connectivity index (χ3n) is 13.5. The predicted molar refractivity (Wildman–Crippen MR) is 352 cm³/mol. The Morgan fingerprint density at radius 3 is 0.802 bits per heavy atom.